The Labute approximate surface area is 204 Å². The molecule has 4 aromatic rings. The minimum absolute atomic E-state index is 0.0979. The first-order chi connectivity index (χ1) is 17.2. The monoisotopic (exact) mass is 463 g/mol. The predicted molar refractivity (Wildman–Crippen MR) is 140 cm³/mol. The smallest absolute Gasteiger partial charge is 0.270 e. The Balaban J connectivity index is 1.37. The lowest BCUT2D eigenvalue weighted by atomic mass is 9.85. The number of carbonyl (C=O) groups is 1. The van der Waals surface area contributed by atoms with Gasteiger partial charge in [0, 0.05) is 54.2 Å². The Bertz CT molecular complexity index is 1520. The number of nitrogens with one attached hydrogen (secondary N) is 1. The molecule has 7 rings (SSSR count). The van der Waals surface area contributed by atoms with Gasteiger partial charge in [0.15, 0.2) is 0 Å². The van der Waals surface area contributed by atoms with Gasteiger partial charge in [0.2, 0.25) is 0 Å². The van der Waals surface area contributed by atoms with E-state index in [1.165, 1.54) is 46.0 Å². The third-order valence-electron chi connectivity index (χ3n) is 8.00. The zero-order valence-electron chi connectivity index (χ0n) is 20.1. The number of hydrogen-bond acceptors (Lipinski definition) is 4. The molecule has 6 heteroatoms. The largest absolute Gasteiger partial charge is 0.351 e. The van der Waals surface area contributed by atoms with Crippen LogP contribution in [0.1, 0.15) is 45.6 Å². The van der Waals surface area contributed by atoms with Crippen LogP contribution < -0.4 is 0 Å². The maximum atomic E-state index is 13.3. The Kier molecular flexibility index (Phi) is 4.77. The number of H-pyrrole nitrogens is 1. The summed E-state index contributed by atoms with van der Waals surface area (Å²) in [5.41, 5.74) is 10.3. The molecule has 0 spiro atoms. The van der Waals surface area contributed by atoms with E-state index in [4.69, 9.17) is 4.98 Å². The van der Waals surface area contributed by atoms with Crippen molar-refractivity contribution in [2.24, 2.45) is 4.99 Å². The molecule has 176 valence electrons. The van der Waals surface area contributed by atoms with Crippen molar-refractivity contribution in [3.63, 3.8) is 0 Å². The molecule has 0 radical (unpaired) electrons. The highest BCUT2D eigenvalue weighted by Crippen LogP contribution is 2.39. The van der Waals surface area contributed by atoms with Crippen LogP contribution in [-0.4, -0.2) is 65.1 Å². The van der Waals surface area contributed by atoms with Crippen molar-refractivity contribution in [3.05, 3.63) is 64.3 Å². The van der Waals surface area contributed by atoms with Crippen LogP contribution in [0.2, 0.25) is 0 Å². The zero-order chi connectivity index (χ0) is 23.5. The van der Waals surface area contributed by atoms with Gasteiger partial charge in [-0.3, -0.25) is 9.79 Å². The number of carbonyl (C=O) groups excluding carboxylic acids is 1. The molecule has 0 saturated carbocycles. The van der Waals surface area contributed by atoms with Crippen LogP contribution in [0.4, 0.5) is 0 Å². The molecular weight excluding hydrogens is 434 g/mol. The van der Waals surface area contributed by atoms with Crippen molar-refractivity contribution in [1.82, 2.24) is 19.8 Å². The third kappa shape index (κ3) is 3.39. The van der Waals surface area contributed by atoms with Crippen LogP contribution in [0.5, 0.6) is 0 Å². The van der Waals surface area contributed by atoms with Crippen molar-refractivity contribution in [2.45, 2.75) is 32.2 Å². The highest BCUT2D eigenvalue weighted by molar-refractivity contribution is 6.11. The van der Waals surface area contributed by atoms with E-state index >= 15 is 0 Å². The molecule has 6 nitrogen and oxygen atoms in total. The van der Waals surface area contributed by atoms with E-state index in [1.807, 2.05) is 11.1 Å². The van der Waals surface area contributed by atoms with E-state index in [9.17, 15) is 4.79 Å². The number of aromatic amines is 1. The van der Waals surface area contributed by atoms with E-state index in [2.05, 4.69) is 58.3 Å². The van der Waals surface area contributed by atoms with E-state index < -0.39 is 0 Å². The molecule has 0 bridgehead atoms. The average molecular weight is 464 g/mol. The maximum absolute atomic E-state index is 13.3. The predicted octanol–water partition coefficient (Wildman–Crippen LogP) is 4.58. The molecule has 2 aromatic heterocycles. The number of fused-ring (bicyclic) bond motifs is 6. The first kappa shape index (κ1) is 20.8. The van der Waals surface area contributed by atoms with Crippen LogP contribution >= 0.6 is 0 Å². The second-order valence-electron chi connectivity index (χ2n) is 10.2. The third-order valence-corrected chi connectivity index (χ3v) is 8.00. The van der Waals surface area contributed by atoms with E-state index in [0.717, 1.165) is 67.7 Å². The summed E-state index contributed by atoms with van der Waals surface area (Å²) in [6.45, 7) is 4.17. The second kappa shape index (κ2) is 8.02. The zero-order valence-corrected chi connectivity index (χ0v) is 20.1. The summed E-state index contributed by atoms with van der Waals surface area (Å²) in [6.07, 6.45) is 6.47. The number of pyridine rings is 1. The summed E-state index contributed by atoms with van der Waals surface area (Å²) in [4.78, 5) is 30.6. The van der Waals surface area contributed by atoms with E-state index in [-0.39, 0.29) is 5.91 Å². The Morgan fingerprint density at radius 1 is 0.971 bits per heavy atom. The molecule has 1 fully saturated rings. The molecule has 2 aromatic carbocycles. The van der Waals surface area contributed by atoms with Gasteiger partial charge in [-0.2, -0.15) is 0 Å². The van der Waals surface area contributed by atoms with Gasteiger partial charge in [0.05, 0.1) is 17.8 Å². The quantitative estimate of drug-likeness (QED) is 0.473. The van der Waals surface area contributed by atoms with Crippen LogP contribution in [0, 0.1) is 0 Å². The number of aromatic nitrogens is 2. The molecule has 3 aliphatic rings. The molecule has 0 unspecified atom stereocenters. The molecule has 1 aliphatic carbocycles. The van der Waals surface area contributed by atoms with Crippen LogP contribution in [0.3, 0.4) is 0 Å². The van der Waals surface area contributed by atoms with Crippen molar-refractivity contribution < 1.29 is 4.79 Å². The molecule has 1 amide bonds. The standard InChI is InChI=1S/C29H29N5O/c1-33-10-12-34(13-11-33)29(35)26-15-23-24(31-26)8-9-25-27(23)21-4-2-3-5-22(21)28(32-25)18-6-7-19-16-30-17-20(19)14-18/h6-9,14-15,17,31H,2-5,10-13,16H2,1H3. The summed E-state index contributed by atoms with van der Waals surface area (Å²) in [5.74, 6) is 0.0979. The first-order valence-corrected chi connectivity index (χ1v) is 12.7. The number of aryl methyl sites for hydroxylation is 1. The molecule has 4 heterocycles. The lowest BCUT2D eigenvalue weighted by Crippen LogP contribution is -2.47. The van der Waals surface area contributed by atoms with Gasteiger partial charge >= 0.3 is 0 Å². The Morgan fingerprint density at radius 2 is 1.80 bits per heavy atom. The number of hydrogen-bond donors (Lipinski definition) is 1. The minimum atomic E-state index is 0.0979. The van der Waals surface area contributed by atoms with Crippen LogP contribution in [0.25, 0.3) is 33.1 Å². The molecule has 1 N–H and O–H groups in total. The average Bonchev–Trinajstić information content (AvgIpc) is 3.54. The van der Waals surface area contributed by atoms with Gasteiger partial charge in [-0.05, 0) is 79.3 Å². The van der Waals surface area contributed by atoms with E-state index in [0.29, 0.717) is 5.69 Å². The maximum Gasteiger partial charge on any atom is 0.270 e. The number of benzene rings is 2. The van der Waals surface area contributed by atoms with Gasteiger partial charge in [-0.25, -0.2) is 4.98 Å². The van der Waals surface area contributed by atoms with Gasteiger partial charge in [-0.15, -0.1) is 0 Å². The highest BCUT2D eigenvalue weighted by atomic mass is 16.2. The SMILES string of the molecule is CN1CCN(C(=O)c2cc3c(ccc4nc(-c5ccc6c(c5)C=NC6)c5c(c43)CCCC5)[nH]2)CC1. The Hall–Kier alpha value is -3.51. The summed E-state index contributed by atoms with van der Waals surface area (Å²) >= 11 is 0. The molecular formula is C29H29N5O. The van der Waals surface area contributed by atoms with Crippen molar-refractivity contribution in [2.75, 3.05) is 33.2 Å². The summed E-state index contributed by atoms with van der Waals surface area (Å²) in [5, 5.41) is 2.34. The fourth-order valence-corrected chi connectivity index (χ4v) is 6.02. The minimum Gasteiger partial charge on any atom is -0.351 e. The highest BCUT2D eigenvalue weighted by Gasteiger charge is 2.25. The number of nitrogens with zero attached hydrogens (tertiary/aromatic N) is 4. The lowest BCUT2D eigenvalue weighted by Gasteiger charge is -2.32. The fraction of sp³-hybridized carbons (Fsp3) is 0.345. The summed E-state index contributed by atoms with van der Waals surface area (Å²) in [6, 6.07) is 12.9. The molecule has 1 saturated heterocycles. The molecule has 35 heavy (non-hydrogen) atoms. The number of aliphatic imine (C=N–C) groups is 1. The summed E-state index contributed by atoms with van der Waals surface area (Å²) < 4.78 is 0. The topological polar surface area (TPSA) is 64.6 Å². The van der Waals surface area contributed by atoms with Crippen molar-refractivity contribution in [3.8, 4) is 11.3 Å². The van der Waals surface area contributed by atoms with Crippen LogP contribution in [0.15, 0.2) is 41.4 Å². The number of piperazine rings is 1. The second-order valence-corrected chi connectivity index (χ2v) is 10.2. The lowest BCUT2D eigenvalue weighted by molar-refractivity contribution is 0.0659. The van der Waals surface area contributed by atoms with Gasteiger partial charge in [0.1, 0.15) is 5.69 Å². The van der Waals surface area contributed by atoms with Crippen LogP contribution in [-0.2, 0) is 19.4 Å². The molecule has 2 aliphatic heterocycles. The van der Waals surface area contributed by atoms with Crippen molar-refractivity contribution in [1.29, 1.82) is 0 Å². The van der Waals surface area contributed by atoms with Crippen molar-refractivity contribution >= 4 is 33.9 Å². The van der Waals surface area contributed by atoms with Gasteiger partial charge < -0.3 is 14.8 Å². The van der Waals surface area contributed by atoms with Gasteiger partial charge in [0.25, 0.3) is 5.91 Å². The number of rotatable bonds is 2. The first-order valence-electron chi connectivity index (χ1n) is 12.7. The Morgan fingerprint density at radius 3 is 2.66 bits per heavy atom. The normalized spacial score (nSPS) is 17.8. The fourth-order valence-electron chi connectivity index (χ4n) is 6.02. The van der Waals surface area contributed by atoms with E-state index in [1.54, 1.807) is 0 Å². The number of amides is 1. The summed E-state index contributed by atoms with van der Waals surface area (Å²) in [7, 11) is 2.11. The molecule has 0 atom stereocenters. The van der Waals surface area contributed by atoms with Gasteiger partial charge in [-0.1, -0.05) is 12.1 Å². The number of likely N-dealkylation sites (N-methyl/N-ethyl adjacent to an activating group) is 1.